The van der Waals surface area contributed by atoms with Gasteiger partial charge < -0.3 is 4.42 Å². The van der Waals surface area contributed by atoms with Crippen LogP contribution in [0.15, 0.2) is 71.2 Å². The average molecular weight is 310 g/mol. The highest BCUT2D eigenvalue weighted by Gasteiger charge is 2.11. The molecule has 0 aliphatic carbocycles. The Morgan fingerprint density at radius 3 is 2.73 bits per heavy atom. The number of rotatable bonds is 7. The van der Waals surface area contributed by atoms with E-state index in [1.165, 1.54) is 4.88 Å². The second-order valence-electron chi connectivity index (χ2n) is 5.05. The van der Waals surface area contributed by atoms with E-state index in [0.717, 1.165) is 30.9 Å². The third kappa shape index (κ3) is 3.72. The quantitative estimate of drug-likeness (QED) is 0.598. The highest BCUT2D eigenvalue weighted by atomic mass is 32.1. The zero-order valence-corrected chi connectivity index (χ0v) is 13.1. The molecule has 0 saturated carbocycles. The van der Waals surface area contributed by atoms with Gasteiger partial charge in [-0.25, -0.2) is 4.98 Å². The van der Waals surface area contributed by atoms with Crippen molar-refractivity contribution in [1.82, 2.24) is 9.88 Å². The zero-order valence-electron chi connectivity index (χ0n) is 12.3. The summed E-state index contributed by atoms with van der Waals surface area (Å²) in [6.45, 7) is 6.32. The SMILES string of the molecule is C=CCN(Cc1coc(-c2ccccc2)n1)Cc1cccs1. The van der Waals surface area contributed by atoms with Gasteiger partial charge in [0.25, 0.3) is 0 Å². The Labute approximate surface area is 134 Å². The second-order valence-corrected chi connectivity index (χ2v) is 6.08. The summed E-state index contributed by atoms with van der Waals surface area (Å²) in [7, 11) is 0. The molecular formula is C18H18N2OS. The standard InChI is InChI=1S/C18H18N2OS/c1-2-10-20(13-17-9-6-11-22-17)12-16-14-21-18(19-16)15-7-4-3-5-8-15/h2-9,11,14H,1,10,12-13H2. The number of nitrogens with zero attached hydrogens (tertiary/aromatic N) is 2. The van der Waals surface area contributed by atoms with Crippen LogP contribution in [0.3, 0.4) is 0 Å². The Kier molecular flexibility index (Phi) is 4.83. The van der Waals surface area contributed by atoms with E-state index in [9.17, 15) is 0 Å². The molecule has 0 atom stereocenters. The van der Waals surface area contributed by atoms with E-state index in [2.05, 4.69) is 34.0 Å². The predicted octanol–water partition coefficient (Wildman–Crippen LogP) is 4.59. The van der Waals surface area contributed by atoms with Gasteiger partial charge in [0, 0.05) is 30.1 Å². The van der Waals surface area contributed by atoms with Crippen molar-refractivity contribution in [2.24, 2.45) is 0 Å². The Bertz CT molecular complexity index is 704. The summed E-state index contributed by atoms with van der Waals surface area (Å²) in [5, 5.41) is 2.10. The fourth-order valence-corrected chi connectivity index (χ4v) is 3.06. The average Bonchev–Trinajstić information content (AvgIpc) is 3.20. The second kappa shape index (κ2) is 7.20. The van der Waals surface area contributed by atoms with Crippen LogP contribution in [0.5, 0.6) is 0 Å². The number of hydrogen-bond acceptors (Lipinski definition) is 4. The number of hydrogen-bond donors (Lipinski definition) is 0. The Balaban J connectivity index is 1.70. The van der Waals surface area contributed by atoms with E-state index in [1.807, 2.05) is 36.4 Å². The summed E-state index contributed by atoms with van der Waals surface area (Å²) >= 11 is 1.77. The third-order valence-corrected chi connectivity index (χ3v) is 4.17. The van der Waals surface area contributed by atoms with Crippen LogP contribution < -0.4 is 0 Å². The van der Waals surface area contributed by atoms with Crippen molar-refractivity contribution >= 4 is 11.3 Å². The molecule has 3 aromatic rings. The molecule has 22 heavy (non-hydrogen) atoms. The van der Waals surface area contributed by atoms with Crippen LogP contribution >= 0.6 is 11.3 Å². The van der Waals surface area contributed by atoms with Gasteiger partial charge in [0.05, 0.1) is 5.69 Å². The highest BCUT2D eigenvalue weighted by Crippen LogP contribution is 2.19. The fraction of sp³-hybridized carbons (Fsp3) is 0.167. The number of thiophene rings is 1. The van der Waals surface area contributed by atoms with Gasteiger partial charge in [0.15, 0.2) is 0 Å². The van der Waals surface area contributed by atoms with Crippen LogP contribution in [-0.2, 0) is 13.1 Å². The van der Waals surface area contributed by atoms with Gasteiger partial charge in [-0.2, -0.15) is 0 Å². The van der Waals surface area contributed by atoms with Crippen LogP contribution in [0.4, 0.5) is 0 Å². The smallest absolute Gasteiger partial charge is 0.226 e. The summed E-state index contributed by atoms with van der Waals surface area (Å²) in [5.74, 6) is 0.672. The lowest BCUT2D eigenvalue weighted by molar-refractivity contribution is 0.285. The number of benzene rings is 1. The molecule has 0 saturated heterocycles. The van der Waals surface area contributed by atoms with Crippen molar-refractivity contribution in [2.45, 2.75) is 13.1 Å². The Morgan fingerprint density at radius 1 is 1.14 bits per heavy atom. The summed E-state index contributed by atoms with van der Waals surface area (Å²) in [6, 6.07) is 14.2. The summed E-state index contributed by atoms with van der Waals surface area (Å²) in [5.41, 5.74) is 1.94. The summed E-state index contributed by atoms with van der Waals surface area (Å²) < 4.78 is 5.60. The van der Waals surface area contributed by atoms with Crippen molar-refractivity contribution < 1.29 is 4.42 Å². The van der Waals surface area contributed by atoms with Crippen molar-refractivity contribution in [3.8, 4) is 11.5 Å². The largest absolute Gasteiger partial charge is 0.444 e. The Morgan fingerprint density at radius 2 is 2.00 bits per heavy atom. The molecule has 1 aromatic carbocycles. The minimum Gasteiger partial charge on any atom is -0.444 e. The van der Waals surface area contributed by atoms with Gasteiger partial charge in [-0.15, -0.1) is 17.9 Å². The van der Waals surface area contributed by atoms with Crippen molar-refractivity contribution in [3.63, 3.8) is 0 Å². The maximum absolute atomic E-state index is 5.60. The fourth-order valence-electron chi connectivity index (χ4n) is 2.31. The minimum atomic E-state index is 0.672. The molecule has 3 rings (SSSR count). The molecule has 3 nitrogen and oxygen atoms in total. The van der Waals surface area contributed by atoms with E-state index in [4.69, 9.17) is 4.42 Å². The highest BCUT2D eigenvalue weighted by molar-refractivity contribution is 7.09. The molecule has 0 radical (unpaired) electrons. The molecular weight excluding hydrogens is 292 g/mol. The first-order chi connectivity index (χ1) is 10.8. The van der Waals surface area contributed by atoms with Crippen LogP contribution in [0.25, 0.3) is 11.5 Å². The summed E-state index contributed by atoms with van der Waals surface area (Å²) in [6.07, 6.45) is 3.67. The number of oxazole rings is 1. The van der Waals surface area contributed by atoms with Crippen molar-refractivity contribution in [3.05, 3.63) is 77.3 Å². The van der Waals surface area contributed by atoms with Crippen molar-refractivity contribution in [2.75, 3.05) is 6.54 Å². The maximum atomic E-state index is 5.60. The third-order valence-electron chi connectivity index (χ3n) is 3.30. The lowest BCUT2D eigenvalue weighted by atomic mass is 10.2. The molecule has 0 spiro atoms. The van der Waals surface area contributed by atoms with Gasteiger partial charge in [-0.3, -0.25) is 4.90 Å². The minimum absolute atomic E-state index is 0.672. The first kappa shape index (κ1) is 14.8. The van der Waals surface area contributed by atoms with Crippen LogP contribution in [0.1, 0.15) is 10.6 Å². The lowest BCUT2D eigenvalue weighted by Crippen LogP contribution is -2.22. The van der Waals surface area contributed by atoms with E-state index >= 15 is 0 Å². The van der Waals surface area contributed by atoms with Crippen LogP contribution in [0, 0.1) is 0 Å². The van der Waals surface area contributed by atoms with Gasteiger partial charge >= 0.3 is 0 Å². The van der Waals surface area contributed by atoms with Crippen molar-refractivity contribution in [1.29, 1.82) is 0 Å². The molecule has 0 N–H and O–H groups in total. The molecule has 2 heterocycles. The van der Waals surface area contributed by atoms with Gasteiger partial charge in [0.1, 0.15) is 6.26 Å². The molecule has 0 amide bonds. The molecule has 0 bridgehead atoms. The maximum Gasteiger partial charge on any atom is 0.226 e. The van der Waals surface area contributed by atoms with Crippen LogP contribution in [0.2, 0.25) is 0 Å². The van der Waals surface area contributed by atoms with E-state index < -0.39 is 0 Å². The summed E-state index contributed by atoms with van der Waals surface area (Å²) in [4.78, 5) is 8.23. The molecule has 2 aromatic heterocycles. The molecule has 112 valence electrons. The molecule has 0 unspecified atom stereocenters. The predicted molar refractivity (Wildman–Crippen MR) is 90.6 cm³/mol. The Hall–Kier alpha value is -2.17. The zero-order chi connectivity index (χ0) is 15.2. The van der Waals surface area contributed by atoms with Gasteiger partial charge in [0.2, 0.25) is 5.89 Å². The lowest BCUT2D eigenvalue weighted by Gasteiger charge is -2.18. The first-order valence-corrected chi connectivity index (χ1v) is 8.08. The topological polar surface area (TPSA) is 29.3 Å². The molecule has 0 aliphatic heterocycles. The monoisotopic (exact) mass is 310 g/mol. The molecule has 4 heteroatoms. The van der Waals surface area contributed by atoms with E-state index in [-0.39, 0.29) is 0 Å². The van der Waals surface area contributed by atoms with E-state index in [0.29, 0.717) is 5.89 Å². The normalized spacial score (nSPS) is 11.0. The van der Waals surface area contributed by atoms with E-state index in [1.54, 1.807) is 17.6 Å². The molecule has 0 aliphatic rings. The van der Waals surface area contributed by atoms with Gasteiger partial charge in [-0.05, 0) is 23.6 Å². The van der Waals surface area contributed by atoms with Gasteiger partial charge in [-0.1, -0.05) is 30.3 Å². The van der Waals surface area contributed by atoms with Crippen LogP contribution in [-0.4, -0.2) is 16.4 Å². The molecule has 0 fully saturated rings. The number of aromatic nitrogens is 1. The first-order valence-electron chi connectivity index (χ1n) is 7.20.